The molecule has 0 spiro atoms. The molecule has 0 saturated heterocycles. The second kappa shape index (κ2) is 5.65. The van der Waals surface area contributed by atoms with Crippen LogP contribution in [0.4, 0.5) is 4.39 Å². The Balaban J connectivity index is 1.98. The van der Waals surface area contributed by atoms with Crippen LogP contribution >= 0.6 is 11.3 Å². The van der Waals surface area contributed by atoms with Crippen LogP contribution in [-0.4, -0.2) is 16.4 Å². The summed E-state index contributed by atoms with van der Waals surface area (Å²) in [6, 6.07) is 8.48. The maximum absolute atomic E-state index is 14.7. The molecule has 0 aliphatic carbocycles. The highest BCUT2D eigenvalue weighted by Gasteiger charge is 2.18. The second-order valence-electron chi connectivity index (χ2n) is 5.35. The predicted octanol–water partition coefficient (Wildman–Crippen LogP) is 4.88. The van der Waals surface area contributed by atoms with Crippen molar-refractivity contribution in [1.82, 2.24) is 10.1 Å². The van der Waals surface area contributed by atoms with Crippen molar-refractivity contribution in [3.8, 4) is 21.6 Å². The third-order valence-corrected chi connectivity index (χ3v) is 4.92. The highest BCUT2D eigenvalue weighted by Crippen LogP contribution is 2.41. The Morgan fingerprint density at radius 2 is 2.12 bits per heavy atom. The number of carbonyl (C=O) groups is 1. The van der Waals surface area contributed by atoms with Gasteiger partial charge in [-0.2, -0.15) is 0 Å². The number of nitrogens with zero attached hydrogens (tertiary/aromatic N) is 2. The highest BCUT2D eigenvalue weighted by molar-refractivity contribution is 7.17. The molecule has 0 aliphatic heterocycles. The number of benzene rings is 1. The molecule has 4 nitrogen and oxygen atoms in total. The van der Waals surface area contributed by atoms with Crippen LogP contribution in [0.5, 0.6) is 0 Å². The van der Waals surface area contributed by atoms with E-state index in [1.165, 1.54) is 17.4 Å². The van der Waals surface area contributed by atoms with Crippen LogP contribution in [0, 0.1) is 12.7 Å². The van der Waals surface area contributed by atoms with Gasteiger partial charge in [-0.1, -0.05) is 11.2 Å². The fraction of sp³-hybridized carbons (Fsp3) is 0.0556. The van der Waals surface area contributed by atoms with Crippen molar-refractivity contribution >= 4 is 28.6 Å². The van der Waals surface area contributed by atoms with Crippen molar-refractivity contribution in [1.29, 1.82) is 0 Å². The number of fused-ring (bicyclic) bond motifs is 1. The number of aryl methyl sites for hydroxylation is 1. The first-order valence-corrected chi connectivity index (χ1v) is 8.04. The lowest BCUT2D eigenvalue weighted by Gasteiger charge is -2.05. The van der Waals surface area contributed by atoms with Crippen LogP contribution in [-0.2, 0) is 0 Å². The zero-order valence-electron chi connectivity index (χ0n) is 12.6. The summed E-state index contributed by atoms with van der Waals surface area (Å²) in [4.78, 5) is 16.5. The zero-order chi connectivity index (χ0) is 16.7. The largest absolute Gasteiger partial charge is 0.356 e. The molecule has 24 heavy (non-hydrogen) atoms. The molecule has 0 saturated carbocycles. The van der Waals surface area contributed by atoms with Gasteiger partial charge in [0.15, 0.2) is 11.9 Å². The zero-order valence-corrected chi connectivity index (χ0v) is 13.4. The van der Waals surface area contributed by atoms with Crippen LogP contribution in [0.3, 0.4) is 0 Å². The Morgan fingerprint density at radius 3 is 2.88 bits per heavy atom. The lowest BCUT2D eigenvalue weighted by atomic mass is 10.0. The summed E-state index contributed by atoms with van der Waals surface area (Å²) in [5.74, 6) is -0.377. The number of hydrogen-bond donors (Lipinski definition) is 0. The molecular formula is C18H11FN2O2S. The molecule has 0 aliphatic rings. The number of aromatic nitrogens is 2. The molecule has 0 unspecified atom stereocenters. The number of aldehydes is 1. The smallest absolute Gasteiger partial charge is 0.167 e. The van der Waals surface area contributed by atoms with E-state index >= 15 is 0 Å². The van der Waals surface area contributed by atoms with Crippen LogP contribution in [0.25, 0.3) is 32.5 Å². The summed E-state index contributed by atoms with van der Waals surface area (Å²) < 4.78 is 20.0. The van der Waals surface area contributed by atoms with Crippen LogP contribution in [0.1, 0.15) is 15.4 Å². The molecule has 6 heteroatoms. The van der Waals surface area contributed by atoms with E-state index in [4.69, 9.17) is 4.52 Å². The Morgan fingerprint density at radius 1 is 1.25 bits per heavy atom. The second-order valence-corrected chi connectivity index (χ2v) is 6.43. The molecule has 118 valence electrons. The molecule has 0 bridgehead atoms. The molecule has 0 atom stereocenters. The van der Waals surface area contributed by atoms with E-state index in [0.29, 0.717) is 32.0 Å². The lowest BCUT2D eigenvalue weighted by molar-refractivity contribution is 0.112. The fourth-order valence-electron chi connectivity index (χ4n) is 2.66. The first-order chi connectivity index (χ1) is 11.7. The van der Waals surface area contributed by atoms with Gasteiger partial charge in [0, 0.05) is 39.3 Å². The minimum absolute atomic E-state index is 0.377. The average molecular weight is 338 g/mol. The molecule has 1 aromatic carbocycles. The standard InChI is InChI=1S/C18H11FN2O2S/c1-10-13-6-16(19)15(7-17(13)23-21-10)18-14(5-12(9-22)24-18)11-3-2-4-20-8-11/h2-9H,1H3. The van der Waals surface area contributed by atoms with Crippen molar-refractivity contribution in [2.45, 2.75) is 6.92 Å². The van der Waals surface area contributed by atoms with Gasteiger partial charge in [-0.25, -0.2) is 4.39 Å². The van der Waals surface area contributed by atoms with E-state index in [0.717, 1.165) is 17.4 Å². The van der Waals surface area contributed by atoms with Crippen LogP contribution in [0.2, 0.25) is 0 Å². The fourth-order valence-corrected chi connectivity index (χ4v) is 3.67. The molecular weight excluding hydrogens is 327 g/mol. The molecule has 0 fully saturated rings. The van der Waals surface area contributed by atoms with Crippen LogP contribution < -0.4 is 0 Å². The predicted molar refractivity (Wildman–Crippen MR) is 90.6 cm³/mol. The summed E-state index contributed by atoms with van der Waals surface area (Å²) in [7, 11) is 0. The lowest BCUT2D eigenvalue weighted by Crippen LogP contribution is -1.85. The molecule has 0 radical (unpaired) electrons. The Kier molecular flexibility index (Phi) is 3.46. The molecule has 0 N–H and O–H groups in total. The summed E-state index contributed by atoms with van der Waals surface area (Å²) in [5.41, 5.74) is 3.13. The van der Waals surface area contributed by atoms with E-state index in [-0.39, 0.29) is 5.82 Å². The van der Waals surface area contributed by atoms with Gasteiger partial charge in [0.2, 0.25) is 0 Å². The number of thiophene rings is 1. The quantitative estimate of drug-likeness (QED) is 0.500. The van der Waals surface area contributed by atoms with Crippen molar-refractivity contribution in [3.63, 3.8) is 0 Å². The number of halogens is 1. The van der Waals surface area contributed by atoms with Gasteiger partial charge < -0.3 is 4.52 Å². The van der Waals surface area contributed by atoms with E-state index in [1.807, 2.05) is 6.07 Å². The normalized spacial score (nSPS) is 11.1. The van der Waals surface area contributed by atoms with Crippen molar-refractivity contribution in [2.24, 2.45) is 0 Å². The summed E-state index contributed by atoms with van der Waals surface area (Å²) in [5, 5.41) is 4.51. The van der Waals surface area contributed by atoms with Gasteiger partial charge in [-0.15, -0.1) is 11.3 Å². The topological polar surface area (TPSA) is 56.0 Å². The number of hydrogen-bond acceptors (Lipinski definition) is 5. The van der Waals surface area contributed by atoms with Gasteiger partial charge in [0.05, 0.1) is 10.6 Å². The first-order valence-electron chi connectivity index (χ1n) is 7.22. The molecule has 3 aromatic heterocycles. The Hall–Kier alpha value is -2.86. The average Bonchev–Trinajstić information content (AvgIpc) is 3.19. The summed E-state index contributed by atoms with van der Waals surface area (Å²) in [6.45, 7) is 1.77. The number of carbonyl (C=O) groups excluding carboxylic acids is 1. The monoisotopic (exact) mass is 338 g/mol. The molecule has 4 aromatic rings. The minimum atomic E-state index is -0.377. The van der Waals surface area contributed by atoms with E-state index in [1.54, 1.807) is 37.5 Å². The van der Waals surface area contributed by atoms with Crippen molar-refractivity contribution in [3.05, 3.63) is 59.1 Å². The SMILES string of the molecule is Cc1noc2cc(-c3sc(C=O)cc3-c3cccnc3)c(F)cc12. The van der Waals surface area contributed by atoms with E-state index in [2.05, 4.69) is 10.1 Å². The number of rotatable bonds is 3. The van der Waals surface area contributed by atoms with Crippen molar-refractivity contribution < 1.29 is 13.7 Å². The number of pyridine rings is 1. The van der Waals surface area contributed by atoms with E-state index < -0.39 is 0 Å². The first kappa shape index (κ1) is 14.7. The highest BCUT2D eigenvalue weighted by atomic mass is 32.1. The maximum atomic E-state index is 14.7. The summed E-state index contributed by atoms with van der Waals surface area (Å²) >= 11 is 1.24. The summed E-state index contributed by atoms with van der Waals surface area (Å²) in [6.07, 6.45) is 4.12. The molecule has 0 amide bonds. The van der Waals surface area contributed by atoms with Gasteiger partial charge in [0.1, 0.15) is 5.82 Å². The maximum Gasteiger partial charge on any atom is 0.167 e. The molecule has 3 heterocycles. The van der Waals surface area contributed by atoms with Gasteiger partial charge in [-0.3, -0.25) is 9.78 Å². The Labute approximate surface area is 140 Å². The van der Waals surface area contributed by atoms with Gasteiger partial charge in [0.25, 0.3) is 0 Å². The Bertz CT molecular complexity index is 1050. The van der Waals surface area contributed by atoms with Gasteiger partial charge >= 0.3 is 0 Å². The van der Waals surface area contributed by atoms with E-state index in [9.17, 15) is 9.18 Å². The molecule has 4 rings (SSSR count). The minimum Gasteiger partial charge on any atom is -0.356 e. The third kappa shape index (κ3) is 2.32. The van der Waals surface area contributed by atoms with Gasteiger partial charge in [-0.05, 0) is 31.2 Å². The third-order valence-electron chi connectivity index (χ3n) is 3.82. The van der Waals surface area contributed by atoms with Crippen molar-refractivity contribution in [2.75, 3.05) is 0 Å². The van der Waals surface area contributed by atoms with Crippen LogP contribution in [0.15, 0.2) is 47.2 Å².